The van der Waals surface area contributed by atoms with Gasteiger partial charge in [-0.05, 0) is 32.3 Å². The molecule has 26 heavy (non-hydrogen) atoms. The van der Waals surface area contributed by atoms with Crippen LogP contribution in [0.25, 0.3) is 0 Å². The summed E-state index contributed by atoms with van der Waals surface area (Å²) in [5.41, 5.74) is 0.550. The number of rotatable bonds is 5. The van der Waals surface area contributed by atoms with E-state index in [-0.39, 0.29) is 29.8 Å². The second-order valence-corrected chi connectivity index (χ2v) is 7.18. The summed E-state index contributed by atoms with van der Waals surface area (Å²) in [4.78, 5) is 31.5. The third kappa shape index (κ3) is 4.23. The van der Waals surface area contributed by atoms with Crippen LogP contribution in [-0.2, 0) is 9.53 Å². The maximum absolute atomic E-state index is 13.1. The molecule has 0 spiro atoms. The molecular formula is C20H28N2O4. The zero-order chi connectivity index (χ0) is 18.5. The first kappa shape index (κ1) is 18.8. The molecule has 0 N–H and O–H groups in total. The molecule has 3 atom stereocenters. The van der Waals surface area contributed by atoms with Crippen molar-refractivity contribution in [1.29, 1.82) is 0 Å². The van der Waals surface area contributed by atoms with Crippen molar-refractivity contribution in [2.75, 3.05) is 19.8 Å². The molecule has 1 saturated heterocycles. The van der Waals surface area contributed by atoms with Gasteiger partial charge in [-0.1, -0.05) is 13.3 Å². The number of aromatic nitrogens is 1. The second-order valence-electron chi connectivity index (χ2n) is 7.18. The molecule has 1 aromatic heterocycles. The lowest BCUT2D eigenvalue weighted by atomic mass is 9.82. The largest absolute Gasteiger partial charge is 0.475 e. The summed E-state index contributed by atoms with van der Waals surface area (Å²) in [6.45, 7) is 5.47. The van der Waals surface area contributed by atoms with E-state index in [1.54, 1.807) is 18.3 Å². The average molecular weight is 360 g/mol. The molecule has 0 aromatic carbocycles. The fourth-order valence-electron chi connectivity index (χ4n) is 3.69. The number of pyridine rings is 1. The van der Waals surface area contributed by atoms with Crippen LogP contribution >= 0.6 is 0 Å². The summed E-state index contributed by atoms with van der Waals surface area (Å²) in [5, 5.41) is 0. The van der Waals surface area contributed by atoms with Gasteiger partial charge in [-0.2, -0.15) is 0 Å². The van der Waals surface area contributed by atoms with Crippen LogP contribution in [0.3, 0.4) is 0 Å². The van der Waals surface area contributed by atoms with Gasteiger partial charge in [0, 0.05) is 36.7 Å². The summed E-state index contributed by atoms with van der Waals surface area (Å²) >= 11 is 0. The van der Waals surface area contributed by atoms with Gasteiger partial charge in [0.1, 0.15) is 5.78 Å². The van der Waals surface area contributed by atoms with Gasteiger partial charge in [-0.25, -0.2) is 4.98 Å². The Kier molecular flexibility index (Phi) is 6.25. The summed E-state index contributed by atoms with van der Waals surface area (Å²) in [5.74, 6) is 0.544. The Balaban J connectivity index is 1.78. The molecule has 1 aromatic rings. The lowest BCUT2D eigenvalue weighted by Gasteiger charge is -2.40. The van der Waals surface area contributed by atoms with Crippen LogP contribution in [0.4, 0.5) is 0 Å². The zero-order valence-electron chi connectivity index (χ0n) is 15.6. The first-order chi connectivity index (χ1) is 12.6. The Morgan fingerprint density at radius 3 is 3.08 bits per heavy atom. The average Bonchev–Trinajstić information content (AvgIpc) is 2.68. The van der Waals surface area contributed by atoms with Crippen LogP contribution in [0, 0.1) is 5.92 Å². The fourth-order valence-corrected chi connectivity index (χ4v) is 3.69. The van der Waals surface area contributed by atoms with E-state index >= 15 is 0 Å². The number of amides is 1. The number of hydrogen-bond acceptors (Lipinski definition) is 5. The Labute approximate surface area is 154 Å². The molecular weight excluding hydrogens is 332 g/mol. The quantitative estimate of drug-likeness (QED) is 0.808. The molecule has 1 amide bonds. The third-order valence-corrected chi connectivity index (χ3v) is 5.37. The highest BCUT2D eigenvalue weighted by Crippen LogP contribution is 2.29. The molecule has 6 nitrogen and oxygen atoms in total. The molecule has 0 bridgehead atoms. The minimum absolute atomic E-state index is 0.0452. The van der Waals surface area contributed by atoms with Crippen LogP contribution in [0.1, 0.15) is 56.3 Å². The number of ketones is 1. The summed E-state index contributed by atoms with van der Waals surface area (Å²) < 4.78 is 11.3. The van der Waals surface area contributed by atoms with E-state index in [2.05, 4.69) is 4.98 Å². The first-order valence-corrected chi connectivity index (χ1v) is 9.64. The molecule has 1 saturated carbocycles. The number of carbonyl (C=O) groups is 2. The van der Waals surface area contributed by atoms with Crippen LogP contribution in [0.2, 0.25) is 0 Å². The summed E-state index contributed by atoms with van der Waals surface area (Å²) in [6, 6.07) is 3.24. The lowest BCUT2D eigenvalue weighted by molar-refractivity contribution is -0.129. The number of hydrogen-bond donors (Lipinski definition) is 0. The van der Waals surface area contributed by atoms with Crippen molar-refractivity contribution < 1.29 is 19.1 Å². The van der Waals surface area contributed by atoms with Crippen LogP contribution in [0.15, 0.2) is 18.3 Å². The number of nitrogens with zero attached hydrogens (tertiary/aromatic N) is 2. The predicted octanol–water partition coefficient (Wildman–Crippen LogP) is 2.86. The van der Waals surface area contributed by atoms with Crippen molar-refractivity contribution in [1.82, 2.24) is 9.88 Å². The van der Waals surface area contributed by atoms with E-state index in [1.165, 1.54) is 0 Å². The number of morpholine rings is 1. The lowest BCUT2D eigenvalue weighted by Crippen LogP contribution is -2.54. The minimum atomic E-state index is -0.170. The maximum Gasteiger partial charge on any atom is 0.254 e. The predicted molar refractivity (Wildman–Crippen MR) is 97.2 cm³/mol. The molecule has 0 radical (unpaired) electrons. The molecule has 3 rings (SSSR count). The van der Waals surface area contributed by atoms with Crippen molar-refractivity contribution in [3.05, 3.63) is 23.9 Å². The fraction of sp³-hybridized carbons (Fsp3) is 0.650. The van der Waals surface area contributed by atoms with Crippen molar-refractivity contribution in [2.45, 2.75) is 58.1 Å². The van der Waals surface area contributed by atoms with E-state index in [9.17, 15) is 9.59 Å². The van der Waals surface area contributed by atoms with E-state index in [0.717, 1.165) is 25.7 Å². The highest BCUT2D eigenvalue weighted by atomic mass is 16.5. The molecule has 3 unspecified atom stereocenters. The Morgan fingerprint density at radius 2 is 2.31 bits per heavy atom. The number of Topliss-reactive ketones (excluding diaryl/α,β-unsaturated/α-hetero) is 1. The van der Waals surface area contributed by atoms with Gasteiger partial charge in [-0.3, -0.25) is 9.59 Å². The van der Waals surface area contributed by atoms with Crippen molar-refractivity contribution >= 4 is 11.7 Å². The molecule has 2 heterocycles. The minimum Gasteiger partial charge on any atom is -0.475 e. The van der Waals surface area contributed by atoms with Gasteiger partial charge in [-0.15, -0.1) is 0 Å². The number of carbonyl (C=O) groups excluding carboxylic acids is 2. The van der Waals surface area contributed by atoms with Crippen molar-refractivity contribution in [3.8, 4) is 5.88 Å². The zero-order valence-corrected chi connectivity index (χ0v) is 15.6. The Bertz CT molecular complexity index is 648. The topological polar surface area (TPSA) is 68.7 Å². The van der Waals surface area contributed by atoms with Gasteiger partial charge in [0.15, 0.2) is 0 Å². The van der Waals surface area contributed by atoms with E-state index in [1.807, 2.05) is 18.7 Å². The smallest absolute Gasteiger partial charge is 0.254 e. The van der Waals surface area contributed by atoms with Crippen molar-refractivity contribution in [3.63, 3.8) is 0 Å². The maximum atomic E-state index is 13.1. The Morgan fingerprint density at radius 1 is 1.46 bits per heavy atom. The molecule has 2 fully saturated rings. The molecule has 1 aliphatic heterocycles. The summed E-state index contributed by atoms with van der Waals surface area (Å²) in [6.07, 6.45) is 5.97. The molecule has 2 aliphatic rings. The molecule has 6 heteroatoms. The van der Waals surface area contributed by atoms with E-state index in [4.69, 9.17) is 9.47 Å². The normalized spacial score (nSPS) is 25.0. The van der Waals surface area contributed by atoms with Gasteiger partial charge < -0.3 is 14.4 Å². The van der Waals surface area contributed by atoms with Gasteiger partial charge in [0.25, 0.3) is 5.91 Å². The highest BCUT2D eigenvalue weighted by molar-refractivity contribution is 5.95. The molecule has 142 valence electrons. The van der Waals surface area contributed by atoms with Crippen LogP contribution in [-0.4, -0.2) is 53.5 Å². The highest BCUT2D eigenvalue weighted by Gasteiger charge is 2.38. The monoisotopic (exact) mass is 360 g/mol. The first-order valence-electron chi connectivity index (χ1n) is 9.64. The van der Waals surface area contributed by atoms with Crippen LogP contribution < -0.4 is 4.74 Å². The summed E-state index contributed by atoms with van der Waals surface area (Å²) in [7, 11) is 0. The van der Waals surface area contributed by atoms with Gasteiger partial charge in [0.2, 0.25) is 5.88 Å². The molecule has 1 aliphatic carbocycles. The van der Waals surface area contributed by atoms with E-state index < -0.39 is 0 Å². The van der Waals surface area contributed by atoms with Crippen LogP contribution in [0.5, 0.6) is 5.88 Å². The van der Waals surface area contributed by atoms with Gasteiger partial charge in [0.05, 0.1) is 25.4 Å². The SMILES string of the molecule is CCC(C)Oc1cc(C(=O)N2CCOCC2C2CCCCC2=O)ccn1. The van der Waals surface area contributed by atoms with Gasteiger partial charge >= 0.3 is 0 Å². The second kappa shape index (κ2) is 8.62. The Hall–Kier alpha value is -1.95. The van der Waals surface area contributed by atoms with E-state index in [0.29, 0.717) is 37.6 Å². The standard InChI is InChI=1S/C20H28N2O4/c1-3-14(2)26-19-12-15(8-9-21-19)20(24)22-10-11-25-13-17(22)16-6-4-5-7-18(16)23/h8-9,12,14,16-17H,3-7,10-11,13H2,1-2H3. The third-order valence-electron chi connectivity index (χ3n) is 5.37. The van der Waals surface area contributed by atoms with Crippen molar-refractivity contribution in [2.24, 2.45) is 5.92 Å². The number of ether oxygens (including phenoxy) is 2.